The van der Waals surface area contributed by atoms with Gasteiger partial charge in [0.2, 0.25) is 5.91 Å². The number of amides is 1. The molecule has 0 radical (unpaired) electrons. The van der Waals surface area contributed by atoms with Crippen LogP contribution in [0.4, 0.5) is 0 Å². The molecule has 0 spiro atoms. The largest absolute Gasteiger partial charge is 0.495 e. The molecule has 1 aromatic heterocycles. The lowest BCUT2D eigenvalue weighted by Gasteiger charge is -2.21. The quantitative estimate of drug-likeness (QED) is 0.818. The van der Waals surface area contributed by atoms with Gasteiger partial charge in [-0.2, -0.15) is 0 Å². The van der Waals surface area contributed by atoms with Crippen LogP contribution >= 0.6 is 0 Å². The SMILES string of the molecule is COc1cc(/C=C/C(=O)NCC2CCCCC2)ccc1-n1ccnc1. The molecule has 1 fully saturated rings. The van der Waals surface area contributed by atoms with Crippen molar-refractivity contribution in [1.29, 1.82) is 0 Å². The van der Waals surface area contributed by atoms with Crippen LogP contribution in [0, 0.1) is 5.92 Å². The molecule has 5 heteroatoms. The first-order valence-corrected chi connectivity index (χ1v) is 8.88. The number of nitrogens with zero attached hydrogens (tertiary/aromatic N) is 2. The Bertz CT molecular complexity index is 717. The first-order valence-electron chi connectivity index (χ1n) is 8.88. The second-order valence-corrected chi connectivity index (χ2v) is 6.48. The van der Waals surface area contributed by atoms with E-state index < -0.39 is 0 Å². The van der Waals surface area contributed by atoms with E-state index in [1.807, 2.05) is 35.0 Å². The molecule has 1 aliphatic rings. The molecule has 3 rings (SSSR count). The average molecular weight is 339 g/mol. The van der Waals surface area contributed by atoms with Crippen LogP contribution in [-0.4, -0.2) is 29.1 Å². The van der Waals surface area contributed by atoms with Gasteiger partial charge in [-0.1, -0.05) is 25.3 Å². The summed E-state index contributed by atoms with van der Waals surface area (Å²) in [6.45, 7) is 0.784. The molecule has 25 heavy (non-hydrogen) atoms. The Morgan fingerprint density at radius 2 is 2.20 bits per heavy atom. The number of carbonyl (C=O) groups excluding carboxylic acids is 1. The van der Waals surface area contributed by atoms with Gasteiger partial charge in [0.05, 0.1) is 19.1 Å². The van der Waals surface area contributed by atoms with Gasteiger partial charge in [-0.05, 0) is 42.5 Å². The number of rotatable bonds is 6. The predicted octanol–water partition coefficient (Wildman–Crippen LogP) is 3.59. The zero-order chi connectivity index (χ0) is 17.5. The fourth-order valence-electron chi connectivity index (χ4n) is 3.28. The van der Waals surface area contributed by atoms with Crippen molar-refractivity contribution >= 4 is 12.0 Å². The Morgan fingerprint density at radius 3 is 2.92 bits per heavy atom. The molecular weight excluding hydrogens is 314 g/mol. The molecule has 0 saturated heterocycles. The maximum atomic E-state index is 12.0. The summed E-state index contributed by atoms with van der Waals surface area (Å²) in [5, 5.41) is 3.02. The molecule has 2 aromatic rings. The van der Waals surface area contributed by atoms with Crippen molar-refractivity contribution in [3.8, 4) is 11.4 Å². The van der Waals surface area contributed by atoms with Gasteiger partial charge in [-0.25, -0.2) is 4.98 Å². The summed E-state index contributed by atoms with van der Waals surface area (Å²) in [4.78, 5) is 16.1. The van der Waals surface area contributed by atoms with Crippen molar-refractivity contribution in [2.45, 2.75) is 32.1 Å². The van der Waals surface area contributed by atoms with Gasteiger partial charge in [0.1, 0.15) is 5.75 Å². The van der Waals surface area contributed by atoms with Gasteiger partial charge in [0, 0.05) is 25.0 Å². The maximum Gasteiger partial charge on any atom is 0.244 e. The molecule has 1 aliphatic carbocycles. The minimum atomic E-state index is -0.0387. The smallest absolute Gasteiger partial charge is 0.244 e. The number of hydrogen-bond acceptors (Lipinski definition) is 3. The average Bonchev–Trinajstić information content (AvgIpc) is 3.19. The van der Waals surface area contributed by atoms with E-state index in [0.29, 0.717) is 5.92 Å². The predicted molar refractivity (Wildman–Crippen MR) is 98.7 cm³/mol. The molecular formula is C20H25N3O2. The highest BCUT2D eigenvalue weighted by atomic mass is 16.5. The molecule has 0 bridgehead atoms. The molecule has 1 amide bonds. The van der Waals surface area contributed by atoms with Crippen LogP contribution in [0.1, 0.15) is 37.7 Å². The monoisotopic (exact) mass is 339 g/mol. The molecule has 1 N–H and O–H groups in total. The van der Waals surface area contributed by atoms with Crippen LogP contribution < -0.4 is 10.1 Å². The number of hydrogen-bond donors (Lipinski definition) is 1. The first kappa shape index (κ1) is 17.3. The van der Waals surface area contributed by atoms with Crippen LogP contribution in [0.3, 0.4) is 0 Å². The van der Waals surface area contributed by atoms with Crippen molar-refractivity contribution in [3.05, 3.63) is 48.6 Å². The van der Waals surface area contributed by atoms with Gasteiger partial charge in [0.25, 0.3) is 0 Å². The van der Waals surface area contributed by atoms with Crippen LogP contribution in [-0.2, 0) is 4.79 Å². The van der Waals surface area contributed by atoms with Crippen LogP contribution in [0.2, 0.25) is 0 Å². The van der Waals surface area contributed by atoms with Crippen molar-refractivity contribution in [3.63, 3.8) is 0 Å². The lowest BCUT2D eigenvalue weighted by molar-refractivity contribution is -0.116. The maximum absolute atomic E-state index is 12.0. The molecule has 1 saturated carbocycles. The van der Waals surface area contributed by atoms with E-state index in [1.165, 1.54) is 32.1 Å². The summed E-state index contributed by atoms with van der Waals surface area (Å²) >= 11 is 0. The van der Waals surface area contributed by atoms with Crippen molar-refractivity contribution in [1.82, 2.24) is 14.9 Å². The molecule has 0 unspecified atom stereocenters. The van der Waals surface area contributed by atoms with E-state index in [1.54, 1.807) is 25.7 Å². The Labute approximate surface area is 148 Å². The Kier molecular flexibility index (Phi) is 5.88. The first-order chi connectivity index (χ1) is 12.3. The Balaban J connectivity index is 1.59. The van der Waals surface area contributed by atoms with Crippen LogP contribution in [0.5, 0.6) is 5.75 Å². The third-order valence-electron chi connectivity index (χ3n) is 4.70. The second kappa shape index (κ2) is 8.51. The molecule has 132 valence electrons. The van der Waals surface area contributed by atoms with E-state index in [0.717, 1.165) is 23.5 Å². The minimum Gasteiger partial charge on any atom is -0.495 e. The number of imidazole rings is 1. The molecule has 0 aliphatic heterocycles. The third kappa shape index (κ3) is 4.72. The summed E-state index contributed by atoms with van der Waals surface area (Å²) in [6, 6.07) is 5.84. The normalized spacial score (nSPS) is 15.4. The van der Waals surface area contributed by atoms with Crippen molar-refractivity contribution < 1.29 is 9.53 Å². The van der Waals surface area contributed by atoms with Crippen LogP contribution in [0.15, 0.2) is 43.0 Å². The second-order valence-electron chi connectivity index (χ2n) is 6.48. The number of ether oxygens (including phenoxy) is 1. The zero-order valence-corrected chi connectivity index (χ0v) is 14.6. The number of carbonyl (C=O) groups is 1. The van der Waals surface area contributed by atoms with Crippen LogP contribution in [0.25, 0.3) is 11.8 Å². The van der Waals surface area contributed by atoms with Gasteiger partial charge in [-0.15, -0.1) is 0 Å². The summed E-state index contributed by atoms with van der Waals surface area (Å²) in [5.74, 6) is 1.34. The van der Waals surface area contributed by atoms with Crippen molar-refractivity contribution in [2.75, 3.05) is 13.7 Å². The number of methoxy groups -OCH3 is 1. The highest BCUT2D eigenvalue weighted by Crippen LogP contribution is 2.25. The number of aromatic nitrogens is 2. The topological polar surface area (TPSA) is 56.1 Å². The van der Waals surface area contributed by atoms with E-state index in [2.05, 4.69) is 10.3 Å². The lowest BCUT2D eigenvalue weighted by Crippen LogP contribution is -2.28. The van der Waals surface area contributed by atoms with E-state index in [9.17, 15) is 4.79 Å². The molecule has 0 atom stereocenters. The zero-order valence-electron chi connectivity index (χ0n) is 14.6. The molecule has 5 nitrogen and oxygen atoms in total. The number of nitrogens with one attached hydrogen (secondary N) is 1. The summed E-state index contributed by atoms with van der Waals surface area (Å²) in [7, 11) is 1.64. The van der Waals surface area contributed by atoms with E-state index in [-0.39, 0.29) is 5.91 Å². The van der Waals surface area contributed by atoms with Gasteiger partial charge >= 0.3 is 0 Å². The fourth-order valence-corrected chi connectivity index (χ4v) is 3.28. The number of benzene rings is 1. The van der Waals surface area contributed by atoms with Gasteiger partial charge in [0.15, 0.2) is 0 Å². The highest BCUT2D eigenvalue weighted by Gasteiger charge is 2.13. The highest BCUT2D eigenvalue weighted by molar-refractivity contribution is 5.91. The Morgan fingerprint density at radius 1 is 1.36 bits per heavy atom. The Hall–Kier alpha value is -2.56. The third-order valence-corrected chi connectivity index (χ3v) is 4.70. The molecule has 1 aromatic carbocycles. The van der Waals surface area contributed by atoms with Crippen molar-refractivity contribution in [2.24, 2.45) is 5.92 Å². The molecule has 1 heterocycles. The summed E-state index contributed by atoms with van der Waals surface area (Å²) in [6.07, 6.45) is 15.1. The van der Waals surface area contributed by atoms with E-state index >= 15 is 0 Å². The summed E-state index contributed by atoms with van der Waals surface area (Å²) < 4.78 is 7.35. The van der Waals surface area contributed by atoms with E-state index in [4.69, 9.17) is 4.74 Å². The lowest BCUT2D eigenvalue weighted by atomic mass is 9.89. The van der Waals surface area contributed by atoms with Gasteiger partial charge in [-0.3, -0.25) is 4.79 Å². The summed E-state index contributed by atoms with van der Waals surface area (Å²) in [5.41, 5.74) is 1.84. The minimum absolute atomic E-state index is 0.0387. The fraction of sp³-hybridized carbons (Fsp3) is 0.400. The standard InChI is InChI=1S/C20H25N3O2/c1-25-19-13-16(7-9-18(19)23-12-11-21-15-23)8-10-20(24)22-14-17-5-3-2-4-6-17/h7-13,15,17H,2-6,14H2,1H3,(H,22,24)/b10-8+. The van der Waals surface area contributed by atoms with Gasteiger partial charge < -0.3 is 14.6 Å².